The molecule has 0 saturated carbocycles. The summed E-state index contributed by atoms with van der Waals surface area (Å²) in [6.45, 7) is 112. The number of carbonyl (C=O) groups excluding carboxylic acids is 4. The maximum atomic E-state index is 13.7. The van der Waals surface area contributed by atoms with Crippen molar-refractivity contribution in [2.24, 2.45) is 38.5 Å². The third-order valence-corrected chi connectivity index (χ3v) is 16.1. The SMILES string of the molecule is C.C.C.CC.CC.CC.CC.CC.CC.CC.CC.CC.CC.CC.CC.CC.CC.CC.CC(C)(C)C1C(=O)N(C(C)(C)C)c2ccccc2-c2ccccc21.CC(C)(C)C1CCCCN(C(C)(C)C)C1=O.CC(C)(C)C1CCc2ccccc2N(C(C)(C)C)C1=O.CC1=NC(C(C)(C)C)C(=O)N(C(C)C)c2ccccc21. The summed E-state index contributed by atoms with van der Waals surface area (Å²) < 4.78 is 0. The van der Waals surface area contributed by atoms with E-state index in [-0.39, 0.29) is 108 Å². The van der Waals surface area contributed by atoms with Gasteiger partial charge in [-0.1, -0.05) is 398 Å². The number of hydrogen-bond acceptors (Lipinski definition) is 5. The number of benzene rings is 4. The molecule has 1 fully saturated rings. The third kappa shape index (κ3) is 47.4. The molecule has 4 unspecified atom stereocenters. The number of nitrogens with zero attached hydrogens (tertiary/aromatic N) is 5. The van der Waals surface area contributed by atoms with Crippen molar-refractivity contribution >= 4 is 46.4 Å². The van der Waals surface area contributed by atoms with Crippen LogP contribution >= 0.6 is 0 Å². The first-order valence-electron chi connectivity index (χ1n) is 44.8. The van der Waals surface area contributed by atoms with Gasteiger partial charge in [-0.05, 0) is 165 Å². The number of rotatable bonds is 1. The molecule has 4 aromatic rings. The quantitative estimate of drug-likeness (QED) is 0.190. The highest BCUT2D eigenvalue weighted by molar-refractivity contribution is 6.12. The second kappa shape index (κ2) is 75.2. The van der Waals surface area contributed by atoms with Crippen LogP contribution in [0, 0.1) is 33.5 Å². The normalized spacial score (nSPS) is 15.2. The van der Waals surface area contributed by atoms with Crippen LogP contribution < -0.4 is 14.7 Å². The molecule has 4 heterocycles. The molecule has 0 aliphatic carbocycles. The van der Waals surface area contributed by atoms with Gasteiger partial charge < -0.3 is 19.6 Å². The van der Waals surface area contributed by atoms with Gasteiger partial charge in [0, 0.05) is 63.6 Å². The molecule has 8 rings (SSSR count). The summed E-state index contributed by atoms with van der Waals surface area (Å²) in [5.74, 6) is 1.01. The number of hydrogen-bond donors (Lipinski definition) is 0. The molecule has 9 heteroatoms. The lowest BCUT2D eigenvalue weighted by Gasteiger charge is -2.40. The Morgan fingerprint density at radius 3 is 1.02 bits per heavy atom. The molecule has 113 heavy (non-hydrogen) atoms. The van der Waals surface area contributed by atoms with E-state index in [4.69, 9.17) is 4.99 Å². The third-order valence-electron chi connectivity index (χ3n) is 16.1. The van der Waals surface area contributed by atoms with Crippen LogP contribution in [0.5, 0.6) is 0 Å². The molecular formula is C104H207N5O4. The standard InChI is InChI=1S/C22H27NO.C18H27NO.C17H24N2O.C14H27NO.15C2H6.3CH4/c1-21(2,3)19-17-13-8-7-11-15(17)16-12-9-10-14-18(16)23(20(19)24)22(4,5)6;1-17(2,3)14-12-11-13-9-7-8-10-15(13)19(16(14)20)18(4,5)6;1-11(2)19-14-10-8-7-9-13(14)12(3)18-15(16(19)20)17(4,5)6;1-13(2,3)11-9-7-8-10-15(12(11)16)14(4,5)6;15*1-2;;;/h7-14,19H,1-6H3;7-10,14H,11-12H2,1-6H3;7-11,15H,1-6H3;11H,7-10H2,1-6H3;15*1-2H3;3*1H4. The minimum absolute atomic E-state index is 0. The Labute approximate surface area is 713 Å². The van der Waals surface area contributed by atoms with Crippen LogP contribution in [-0.2, 0) is 25.6 Å². The van der Waals surface area contributed by atoms with Crippen molar-refractivity contribution in [3.8, 4) is 11.1 Å². The Kier molecular flexibility index (Phi) is 92.8. The predicted molar refractivity (Wildman–Crippen MR) is 529 cm³/mol. The summed E-state index contributed by atoms with van der Waals surface area (Å²) in [5, 5.41) is 0. The van der Waals surface area contributed by atoms with Crippen LogP contribution in [0.1, 0.15) is 444 Å². The smallest absolute Gasteiger partial charge is 0.252 e. The summed E-state index contributed by atoms with van der Waals surface area (Å²) in [6, 6.07) is 32.8. The molecule has 672 valence electrons. The molecule has 4 atom stereocenters. The highest BCUT2D eigenvalue weighted by atomic mass is 16.2. The van der Waals surface area contributed by atoms with Gasteiger partial charge in [0.15, 0.2) is 0 Å². The van der Waals surface area contributed by atoms with Gasteiger partial charge in [-0.25, -0.2) is 0 Å². The fourth-order valence-electron chi connectivity index (χ4n) is 12.1. The highest BCUT2D eigenvalue weighted by Crippen LogP contribution is 2.49. The molecule has 0 bridgehead atoms. The minimum atomic E-state index is -0.336. The summed E-state index contributed by atoms with van der Waals surface area (Å²) in [7, 11) is 0. The maximum Gasteiger partial charge on any atom is 0.252 e. The Hall–Kier alpha value is -5.57. The average Bonchev–Trinajstić information content (AvgIpc) is 1.59. The second-order valence-corrected chi connectivity index (χ2v) is 30.6. The second-order valence-electron chi connectivity index (χ2n) is 30.6. The number of carbonyl (C=O) groups is 4. The summed E-state index contributed by atoms with van der Waals surface area (Å²) >= 11 is 0. The lowest BCUT2D eigenvalue weighted by atomic mass is 9.74. The molecule has 0 N–H and O–H groups in total. The first-order valence-corrected chi connectivity index (χ1v) is 44.8. The minimum Gasteiger partial charge on any atom is -0.338 e. The Balaban J connectivity index is -0.0000000861. The van der Waals surface area contributed by atoms with Crippen molar-refractivity contribution in [1.82, 2.24) is 4.90 Å². The van der Waals surface area contributed by atoms with Gasteiger partial charge in [0.05, 0.1) is 17.3 Å². The predicted octanol–water partition coefficient (Wildman–Crippen LogP) is 34.5. The number of likely N-dealkylation sites (tertiary alicyclic amines) is 1. The van der Waals surface area contributed by atoms with Crippen LogP contribution in [-0.4, -0.2) is 69.5 Å². The number of aryl methyl sites for hydroxylation is 1. The lowest BCUT2D eigenvalue weighted by Crippen LogP contribution is -2.50. The highest BCUT2D eigenvalue weighted by Gasteiger charge is 2.45. The monoisotopic (exact) mass is 1590 g/mol. The molecule has 1 saturated heterocycles. The van der Waals surface area contributed by atoms with E-state index in [9.17, 15) is 19.2 Å². The Morgan fingerprint density at radius 2 is 0.664 bits per heavy atom. The van der Waals surface area contributed by atoms with Crippen LogP contribution in [0.3, 0.4) is 0 Å². The summed E-state index contributed by atoms with van der Waals surface area (Å²) in [4.78, 5) is 65.1. The van der Waals surface area contributed by atoms with E-state index < -0.39 is 0 Å². The number of fused-ring (bicyclic) bond motifs is 5. The zero-order chi connectivity index (χ0) is 90.5. The van der Waals surface area contributed by atoms with Gasteiger partial charge in [0.2, 0.25) is 17.7 Å². The van der Waals surface area contributed by atoms with Gasteiger partial charge in [-0.15, -0.1) is 0 Å². The van der Waals surface area contributed by atoms with Crippen LogP contribution in [0.4, 0.5) is 17.1 Å². The van der Waals surface area contributed by atoms with Gasteiger partial charge in [0.1, 0.15) is 6.04 Å². The van der Waals surface area contributed by atoms with Crippen molar-refractivity contribution in [3.05, 3.63) is 114 Å². The van der Waals surface area contributed by atoms with Gasteiger partial charge >= 0.3 is 0 Å². The number of amides is 4. The van der Waals surface area contributed by atoms with Crippen molar-refractivity contribution in [1.29, 1.82) is 0 Å². The number of benzodiazepines with no additional fused rings is 1. The van der Waals surface area contributed by atoms with E-state index in [2.05, 4.69) is 219 Å². The van der Waals surface area contributed by atoms with Crippen molar-refractivity contribution in [2.75, 3.05) is 21.2 Å². The maximum absolute atomic E-state index is 13.7. The van der Waals surface area contributed by atoms with Gasteiger partial charge in [-0.2, -0.15) is 0 Å². The first kappa shape index (κ1) is 139. The molecule has 4 aromatic carbocycles. The molecular weight excluding hydrogens is 1380 g/mol. The number of para-hydroxylation sites is 3. The molecule has 4 amide bonds. The fraction of sp³-hybridized carbons (Fsp3) is 0.721. The van der Waals surface area contributed by atoms with Crippen LogP contribution in [0.25, 0.3) is 11.1 Å². The molecule has 4 aliphatic rings. The molecule has 9 nitrogen and oxygen atoms in total. The largest absolute Gasteiger partial charge is 0.338 e. The lowest BCUT2D eigenvalue weighted by molar-refractivity contribution is -0.143. The zero-order valence-electron chi connectivity index (χ0n) is 84.2. The van der Waals surface area contributed by atoms with E-state index in [1.54, 1.807) is 0 Å². The van der Waals surface area contributed by atoms with E-state index in [1.807, 2.05) is 272 Å². The van der Waals surface area contributed by atoms with Crippen molar-refractivity contribution in [2.45, 2.75) is 463 Å². The molecule has 0 aromatic heterocycles. The van der Waals surface area contributed by atoms with Crippen LogP contribution in [0.2, 0.25) is 0 Å². The van der Waals surface area contributed by atoms with Gasteiger partial charge in [0.25, 0.3) is 5.91 Å². The summed E-state index contributed by atoms with van der Waals surface area (Å²) in [6.07, 6.45) is 5.30. The van der Waals surface area contributed by atoms with E-state index >= 15 is 0 Å². The zero-order valence-corrected chi connectivity index (χ0v) is 84.2. The average molecular weight is 1590 g/mol. The topological polar surface area (TPSA) is 93.6 Å². The summed E-state index contributed by atoms with van der Waals surface area (Å²) in [5.41, 5.74) is 9.06. The van der Waals surface area contributed by atoms with E-state index in [0.717, 1.165) is 71.7 Å². The van der Waals surface area contributed by atoms with Gasteiger partial charge in [-0.3, -0.25) is 24.2 Å². The van der Waals surface area contributed by atoms with E-state index in [0.29, 0.717) is 5.91 Å². The fourth-order valence-corrected chi connectivity index (χ4v) is 12.1. The number of anilines is 3. The Bertz CT molecular complexity index is 2760. The van der Waals surface area contributed by atoms with Crippen molar-refractivity contribution in [3.63, 3.8) is 0 Å². The molecule has 4 aliphatic heterocycles. The first-order chi connectivity index (χ1) is 51.6. The van der Waals surface area contributed by atoms with Crippen LogP contribution in [0.15, 0.2) is 102 Å². The molecule has 0 spiro atoms. The number of aliphatic imine (C=N–C) groups is 1. The Morgan fingerprint density at radius 1 is 0.336 bits per heavy atom. The van der Waals surface area contributed by atoms with Crippen molar-refractivity contribution < 1.29 is 19.2 Å². The van der Waals surface area contributed by atoms with E-state index in [1.165, 1.54) is 17.5 Å². The molecule has 0 radical (unpaired) electrons.